The molecule has 0 radical (unpaired) electrons. The summed E-state index contributed by atoms with van der Waals surface area (Å²) in [7, 11) is -3.99. The monoisotopic (exact) mass is 315 g/mol. The number of nitrogens with one attached hydrogen (secondary N) is 1. The molecule has 8 heteroatoms. The van der Waals surface area contributed by atoms with Crippen molar-refractivity contribution in [1.29, 1.82) is 0 Å². The van der Waals surface area contributed by atoms with Crippen LogP contribution >= 0.6 is 25.3 Å². The summed E-state index contributed by atoms with van der Waals surface area (Å²) in [5, 5.41) is 2.77. The highest BCUT2D eigenvalue weighted by molar-refractivity contribution is 7.85. The van der Waals surface area contributed by atoms with E-state index < -0.39 is 15.9 Å². The van der Waals surface area contributed by atoms with Crippen molar-refractivity contribution >= 4 is 41.3 Å². The van der Waals surface area contributed by atoms with Crippen LogP contribution in [0.4, 0.5) is 0 Å². The summed E-state index contributed by atoms with van der Waals surface area (Å²) >= 11 is 8.50. The van der Waals surface area contributed by atoms with Gasteiger partial charge in [-0.2, -0.15) is 33.7 Å². The van der Waals surface area contributed by atoms with Crippen LogP contribution in [0.15, 0.2) is 0 Å². The highest BCUT2D eigenvalue weighted by atomic mass is 32.2. The Morgan fingerprint density at radius 1 is 1.28 bits per heavy atom. The van der Waals surface area contributed by atoms with Crippen LogP contribution in [0.1, 0.15) is 32.1 Å². The summed E-state index contributed by atoms with van der Waals surface area (Å²) < 4.78 is 29.3. The molecule has 0 aliphatic carbocycles. The van der Waals surface area contributed by atoms with Crippen LogP contribution < -0.4 is 5.32 Å². The molecule has 0 fully saturated rings. The molecule has 5 nitrogen and oxygen atoms in total. The number of hydrogen-bond donors (Lipinski definition) is 4. The maximum Gasteiger partial charge on any atom is 0.266 e. The van der Waals surface area contributed by atoms with Crippen molar-refractivity contribution in [3.05, 3.63) is 0 Å². The maximum atomic E-state index is 11.3. The Balaban J connectivity index is 3.48. The summed E-state index contributed by atoms with van der Waals surface area (Å²) in [6.45, 7) is -0.0491. The van der Waals surface area contributed by atoms with Gasteiger partial charge in [-0.1, -0.05) is 6.42 Å². The molecule has 0 saturated heterocycles. The van der Waals surface area contributed by atoms with Gasteiger partial charge in [0.25, 0.3) is 10.1 Å². The van der Waals surface area contributed by atoms with E-state index in [-0.39, 0.29) is 12.5 Å². The zero-order valence-electron chi connectivity index (χ0n) is 10.2. The number of carbonyl (C=O) groups excluding carboxylic acids is 1. The van der Waals surface area contributed by atoms with E-state index in [9.17, 15) is 13.2 Å². The largest absolute Gasteiger partial charge is 0.355 e. The van der Waals surface area contributed by atoms with Crippen molar-refractivity contribution in [3.63, 3.8) is 0 Å². The highest BCUT2D eigenvalue weighted by Gasteiger charge is 2.07. The Morgan fingerprint density at radius 2 is 1.94 bits per heavy atom. The Morgan fingerprint density at radius 3 is 2.50 bits per heavy atom. The van der Waals surface area contributed by atoms with Gasteiger partial charge in [0.1, 0.15) is 0 Å². The molecule has 0 heterocycles. The first kappa shape index (κ1) is 18.1. The van der Waals surface area contributed by atoms with Crippen LogP contribution in [0.25, 0.3) is 0 Å². The molecule has 1 unspecified atom stereocenters. The SMILES string of the molecule is O=C(CCCCC(S)CCS)NCCS(=O)(=O)O. The molecule has 0 aromatic rings. The molecule has 0 aromatic carbocycles. The fraction of sp³-hybridized carbons (Fsp3) is 0.900. The van der Waals surface area contributed by atoms with Crippen molar-refractivity contribution < 1.29 is 17.8 Å². The Kier molecular flexibility index (Phi) is 9.98. The van der Waals surface area contributed by atoms with Gasteiger partial charge in [-0.15, -0.1) is 0 Å². The van der Waals surface area contributed by atoms with Gasteiger partial charge < -0.3 is 5.32 Å². The second-order valence-corrected chi connectivity index (χ2v) is 6.80. The predicted octanol–water partition coefficient (Wildman–Crippen LogP) is 1.17. The van der Waals surface area contributed by atoms with Crippen LogP contribution in [0.2, 0.25) is 0 Å². The quantitative estimate of drug-likeness (QED) is 0.277. The molecule has 0 saturated carbocycles. The molecule has 1 amide bonds. The molecule has 2 N–H and O–H groups in total. The first-order valence-electron chi connectivity index (χ1n) is 5.86. The molecule has 18 heavy (non-hydrogen) atoms. The molecule has 0 aliphatic rings. The van der Waals surface area contributed by atoms with E-state index >= 15 is 0 Å². The van der Waals surface area contributed by atoms with E-state index in [1.807, 2.05) is 0 Å². The molecule has 1 atom stereocenters. The third-order valence-electron chi connectivity index (χ3n) is 2.34. The molecular formula is C10H21NO4S3. The highest BCUT2D eigenvalue weighted by Crippen LogP contribution is 2.12. The van der Waals surface area contributed by atoms with Crippen LogP contribution in [-0.2, 0) is 14.9 Å². The predicted molar refractivity (Wildman–Crippen MR) is 79.1 cm³/mol. The van der Waals surface area contributed by atoms with Gasteiger partial charge in [0.05, 0.1) is 5.75 Å². The number of unbranched alkanes of at least 4 members (excludes halogenated alkanes) is 1. The van der Waals surface area contributed by atoms with Gasteiger partial charge in [-0.3, -0.25) is 9.35 Å². The summed E-state index contributed by atoms with van der Waals surface area (Å²) in [6.07, 6.45) is 3.93. The van der Waals surface area contributed by atoms with Crippen LogP contribution in [0.5, 0.6) is 0 Å². The summed E-state index contributed by atoms with van der Waals surface area (Å²) in [5.74, 6) is 0.174. The number of thiol groups is 2. The van der Waals surface area contributed by atoms with E-state index in [1.54, 1.807) is 0 Å². The normalized spacial score (nSPS) is 13.3. The van der Waals surface area contributed by atoms with Gasteiger partial charge in [0, 0.05) is 18.2 Å². The molecular weight excluding hydrogens is 294 g/mol. The number of hydrogen-bond acceptors (Lipinski definition) is 5. The number of carbonyl (C=O) groups is 1. The average Bonchev–Trinajstić information content (AvgIpc) is 2.23. The first-order chi connectivity index (χ1) is 8.35. The van der Waals surface area contributed by atoms with Crippen LogP contribution in [0, 0.1) is 0 Å². The lowest BCUT2D eigenvalue weighted by Gasteiger charge is -2.08. The lowest BCUT2D eigenvalue weighted by molar-refractivity contribution is -0.121. The molecule has 0 spiro atoms. The second kappa shape index (κ2) is 9.94. The zero-order valence-corrected chi connectivity index (χ0v) is 12.8. The van der Waals surface area contributed by atoms with Gasteiger partial charge in [0.15, 0.2) is 0 Å². The number of amides is 1. The molecule has 108 valence electrons. The van der Waals surface area contributed by atoms with Crippen molar-refractivity contribution in [1.82, 2.24) is 5.32 Å². The van der Waals surface area contributed by atoms with E-state index in [4.69, 9.17) is 4.55 Å². The van der Waals surface area contributed by atoms with E-state index in [1.165, 1.54) is 0 Å². The first-order valence-corrected chi connectivity index (χ1v) is 8.61. The van der Waals surface area contributed by atoms with Crippen molar-refractivity contribution in [2.24, 2.45) is 0 Å². The van der Waals surface area contributed by atoms with Gasteiger partial charge >= 0.3 is 0 Å². The number of rotatable bonds is 10. The third-order valence-corrected chi connectivity index (χ3v) is 3.83. The maximum absolute atomic E-state index is 11.3. The minimum absolute atomic E-state index is 0.0491. The van der Waals surface area contributed by atoms with Crippen molar-refractivity contribution in [2.75, 3.05) is 18.1 Å². The van der Waals surface area contributed by atoms with Crippen LogP contribution in [-0.4, -0.2) is 42.2 Å². The Bertz CT molecular complexity index is 332. The van der Waals surface area contributed by atoms with E-state index in [2.05, 4.69) is 30.6 Å². The van der Waals surface area contributed by atoms with E-state index in [0.29, 0.717) is 11.7 Å². The zero-order chi connectivity index (χ0) is 14.0. The summed E-state index contributed by atoms with van der Waals surface area (Å²) in [6, 6.07) is 0. The summed E-state index contributed by atoms with van der Waals surface area (Å²) in [4.78, 5) is 11.3. The topological polar surface area (TPSA) is 83.5 Å². The van der Waals surface area contributed by atoms with Gasteiger partial charge in [0.2, 0.25) is 5.91 Å². The lowest BCUT2D eigenvalue weighted by Crippen LogP contribution is -2.28. The average molecular weight is 315 g/mol. The minimum Gasteiger partial charge on any atom is -0.355 e. The molecule has 0 rings (SSSR count). The smallest absolute Gasteiger partial charge is 0.266 e. The standard InChI is InChI=1S/C10H21NO4S3/c12-10(11-6-8-18(13,14)15)4-2-1-3-9(17)5-7-16/h9,16-17H,1-8H2,(H,11,12)(H,13,14,15). The minimum atomic E-state index is -3.99. The Labute approximate surface area is 120 Å². The lowest BCUT2D eigenvalue weighted by atomic mass is 10.1. The molecule has 0 aliphatic heterocycles. The molecule has 0 bridgehead atoms. The summed E-state index contributed by atoms with van der Waals surface area (Å²) in [5.41, 5.74) is 0. The van der Waals surface area contributed by atoms with E-state index in [0.717, 1.165) is 31.4 Å². The van der Waals surface area contributed by atoms with Gasteiger partial charge in [-0.25, -0.2) is 0 Å². The fourth-order valence-corrected chi connectivity index (χ4v) is 2.55. The Hall–Kier alpha value is 0.0800. The van der Waals surface area contributed by atoms with Gasteiger partial charge in [-0.05, 0) is 25.0 Å². The third kappa shape index (κ3) is 12.5. The second-order valence-electron chi connectivity index (χ2n) is 4.05. The fourth-order valence-electron chi connectivity index (χ4n) is 1.37. The van der Waals surface area contributed by atoms with Crippen LogP contribution in [0.3, 0.4) is 0 Å². The van der Waals surface area contributed by atoms with Crippen molar-refractivity contribution in [3.8, 4) is 0 Å². The molecule has 0 aromatic heterocycles. The van der Waals surface area contributed by atoms with Crippen molar-refractivity contribution in [2.45, 2.75) is 37.4 Å².